The van der Waals surface area contributed by atoms with Gasteiger partial charge in [0.25, 0.3) is 0 Å². The molecule has 3 atom stereocenters. The topological polar surface area (TPSA) is 64.1 Å². The molecular formula is C18H25N3O. The van der Waals surface area contributed by atoms with Crippen molar-refractivity contribution in [1.29, 1.82) is 0 Å². The van der Waals surface area contributed by atoms with Gasteiger partial charge in [0, 0.05) is 23.8 Å². The molecule has 1 saturated carbocycles. The number of oxazole rings is 1. The molecule has 0 amide bonds. The highest BCUT2D eigenvalue weighted by atomic mass is 16.3. The van der Waals surface area contributed by atoms with Gasteiger partial charge in [-0.1, -0.05) is 6.92 Å². The minimum atomic E-state index is 0.387. The van der Waals surface area contributed by atoms with Gasteiger partial charge in [-0.15, -0.1) is 0 Å². The molecule has 0 radical (unpaired) electrons. The first kappa shape index (κ1) is 15.1. The molecule has 0 saturated heterocycles. The lowest BCUT2D eigenvalue weighted by atomic mass is 9.79. The number of aryl methyl sites for hydroxylation is 1. The van der Waals surface area contributed by atoms with Gasteiger partial charge in [0.15, 0.2) is 0 Å². The van der Waals surface area contributed by atoms with Gasteiger partial charge in [0.2, 0.25) is 5.89 Å². The van der Waals surface area contributed by atoms with Crippen LogP contribution in [0.5, 0.6) is 0 Å². The summed E-state index contributed by atoms with van der Waals surface area (Å²) in [6.45, 7) is 5.41. The number of hydrogen-bond acceptors (Lipinski definition) is 4. The van der Waals surface area contributed by atoms with Crippen LogP contribution in [0.15, 0.2) is 35.1 Å². The van der Waals surface area contributed by atoms with Crippen LogP contribution in [-0.2, 0) is 0 Å². The molecule has 1 aromatic carbocycles. The number of aromatic nitrogens is 1. The molecule has 118 valence electrons. The Labute approximate surface area is 132 Å². The van der Waals surface area contributed by atoms with E-state index in [1.165, 1.54) is 24.1 Å². The Kier molecular flexibility index (Phi) is 4.48. The SMILES string of the molecule is Cc1cc(-c2ncco2)ccc1NC[C@@H]1CC[C@@H](N)C(C)C1. The van der Waals surface area contributed by atoms with Crippen LogP contribution in [0, 0.1) is 18.8 Å². The summed E-state index contributed by atoms with van der Waals surface area (Å²) in [6.07, 6.45) is 6.88. The van der Waals surface area contributed by atoms with E-state index in [9.17, 15) is 0 Å². The number of nitrogens with two attached hydrogens (primary N) is 1. The van der Waals surface area contributed by atoms with Crippen molar-refractivity contribution < 1.29 is 4.42 Å². The quantitative estimate of drug-likeness (QED) is 0.900. The van der Waals surface area contributed by atoms with E-state index in [4.69, 9.17) is 10.2 Å². The Balaban J connectivity index is 1.61. The minimum absolute atomic E-state index is 0.387. The fourth-order valence-corrected chi connectivity index (χ4v) is 3.33. The molecule has 4 nitrogen and oxygen atoms in total. The molecule has 1 aliphatic carbocycles. The first-order valence-electron chi connectivity index (χ1n) is 8.13. The molecule has 0 aliphatic heterocycles. The zero-order valence-corrected chi connectivity index (χ0v) is 13.4. The molecule has 3 rings (SSSR count). The van der Waals surface area contributed by atoms with Crippen molar-refractivity contribution in [2.45, 2.75) is 39.2 Å². The maximum Gasteiger partial charge on any atom is 0.225 e. The molecule has 2 aromatic rings. The van der Waals surface area contributed by atoms with Gasteiger partial charge < -0.3 is 15.5 Å². The second kappa shape index (κ2) is 6.53. The van der Waals surface area contributed by atoms with Gasteiger partial charge >= 0.3 is 0 Å². The highest BCUT2D eigenvalue weighted by molar-refractivity contribution is 5.62. The maximum atomic E-state index is 6.10. The molecule has 0 bridgehead atoms. The summed E-state index contributed by atoms with van der Waals surface area (Å²) in [4.78, 5) is 4.19. The number of anilines is 1. The molecule has 4 heteroatoms. The zero-order chi connectivity index (χ0) is 15.5. The van der Waals surface area contributed by atoms with Gasteiger partial charge in [-0.05, 0) is 61.8 Å². The van der Waals surface area contributed by atoms with Gasteiger partial charge in [0.1, 0.15) is 6.26 Å². The van der Waals surface area contributed by atoms with E-state index in [1.807, 2.05) is 0 Å². The smallest absolute Gasteiger partial charge is 0.225 e. The third kappa shape index (κ3) is 3.33. The van der Waals surface area contributed by atoms with Gasteiger partial charge in [-0.25, -0.2) is 4.98 Å². The standard InChI is InChI=1S/C18H25N3O/c1-12-9-14(3-5-16(12)19)11-21-17-6-4-15(10-13(17)2)18-20-7-8-22-18/h4,6-8,10,12,14,16,21H,3,5,9,11,19H2,1-2H3/t12?,14-,16-/m1/s1. The second-order valence-corrected chi connectivity index (χ2v) is 6.57. The van der Waals surface area contributed by atoms with Crippen molar-refractivity contribution in [1.82, 2.24) is 4.98 Å². The summed E-state index contributed by atoms with van der Waals surface area (Å²) in [6, 6.07) is 6.68. The van der Waals surface area contributed by atoms with Crippen molar-refractivity contribution in [2.24, 2.45) is 17.6 Å². The first-order valence-corrected chi connectivity index (χ1v) is 8.13. The fourth-order valence-electron chi connectivity index (χ4n) is 3.33. The normalized spacial score (nSPS) is 25.1. The minimum Gasteiger partial charge on any atom is -0.445 e. The molecule has 3 N–H and O–H groups in total. The lowest BCUT2D eigenvalue weighted by molar-refractivity contribution is 0.257. The van der Waals surface area contributed by atoms with Gasteiger partial charge in [-0.2, -0.15) is 0 Å². The van der Waals surface area contributed by atoms with Crippen molar-refractivity contribution in [3.05, 3.63) is 36.2 Å². The van der Waals surface area contributed by atoms with Crippen LogP contribution >= 0.6 is 0 Å². The van der Waals surface area contributed by atoms with E-state index < -0.39 is 0 Å². The Bertz CT molecular complexity index is 609. The van der Waals surface area contributed by atoms with E-state index in [0.29, 0.717) is 17.9 Å². The molecule has 1 fully saturated rings. The van der Waals surface area contributed by atoms with Gasteiger partial charge in [-0.3, -0.25) is 0 Å². The largest absolute Gasteiger partial charge is 0.445 e. The lowest BCUT2D eigenvalue weighted by Gasteiger charge is -2.32. The second-order valence-electron chi connectivity index (χ2n) is 6.57. The van der Waals surface area contributed by atoms with Crippen molar-refractivity contribution >= 4 is 5.69 Å². The van der Waals surface area contributed by atoms with E-state index in [-0.39, 0.29) is 0 Å². The van der Waals surface area contributed by atoms with Crippen LogP contribution in [0.2, 0.25) is 0 Å². The Hall–Kier alpha value is -1.81. The van der Waals surface area contributed by atoms with Crippen LogP contribution in [0.4, 0.5) is 5.69 Å². The summed E-state index contributed by atoms with van der Waals surface area (Å²) in [5.74, 6) is 2.03. The van der Waals surface area contributed by atoms with Crippen molar-refractivity contribution in [3.63, 3.8) is 0 Å². The van der Waals surface area contributed by atoms with Gasteiger partial charge in [0.05, 0.1) is 6.20 Å². The third-order valence-electron chi connectivity index (χ3n) is 4.83. The van der Waals surface area contributed by atoms with Crippen LogP contribution in [0.25, 0.3) is 11.5 Å². The molecule has 1 heterocycles. The van der Waals surface area contributed by atoms with Crippen LogP contribution in [-0.4, -0.2) is 17.6 Å². The lowest BCUT2D eigenvalue weighted by Crippen LogP contribution is -2.36. The van der Waals surface area contributed by atoms with E-state index >= 15 is 0 Å². The molecule has 1 aliphatic rings. The Morgan fingerprint density at radius 1 is 1.36 bits per heavy atom. The summed E-state index contributed by atoms with van der Waals surface area (Å²) >= 11 is 0. The van der Waals surface area contributed by atoms with E-state index in [0.717, 1.165) is 24.4 Å². The number of nitrogens with zero attached hydrogens (tertiary/aromatic N) is 1. The maximum absolute atomic E-state index is 6.10. The summed E-state index contributed by atoms with van der Waals surface area (Å²) < 4.78 is 5.35. The predicted octanol–water partition coefficient (Wildman–Crippen LogP) is 3.83. The summed E-state index contributed by atoms with van der Waals surface area (Å²) in [5.41, 5.74) is 9.53. The number of hydrogen-bond donors (Lipinski definition) is 2. The molecule has 0 spiro atoms. The molecular weight excluding hydrogens is 274 g/mol. The summed E-state index contributed by atoms with van der Waals surface area (Å²) in [5, 5.41) is 3.60. The highest BCUT2D eigenvalue weighted by Gasteiger charge is 2.24. The summed E-state index contributed by atoms with van der Waals surface area (Å²) in [7, 11) is 0. The monoisotopic (exact) mass is 299 g/mol. The predicted molar refractivity (Wildman–Crippen MR) is 89.6 cm³/mol. The molecule has 1 unspecified atom stereocenters. The average Bonchev–Trinajstić information content (AvgIpc) is 3.04. The van der Waals surface area contributed by atoms with Crippen LogP contribution in [0.3, 0.4) is 0 Å². The number of rotatable bonds is 4. The van der Waals surface area contributed by atoms with Crippen molar-refractivity contribution in [2.75, 3.05) is 11.9 Å². The van der Waals surface area contributed by atoms with Crippen LogP contribution in [0.1, 0.15) is 31.7 Å². The number of nitrogens with one attached hydrogen (secondary N) is 1. The Morgan fingerprint density at radius 2 is 2.23 bits per heavy atom. The van der Waals surface area contributed by atoms with E-state index in [1.54, 1.807) is 12.5 Å². The van der Waals surface area contributed by atoms with E-state index in [2.05, 4.69) is 42.3 Å². The fraction of sp³-hybridized carbons (Fsp3) is 0.500. The highest BCUT2D eigenvalue weighted by Crippen LogP contribution is 2.29. The average molecular weight is 299 g/mol. The Morgan fingerprint density at radius 3 is 2.91 bits per heavy atom. The molecule has 22 heavy (non-hydrogen) atoms. The zero-order valence-electron chi connectivity index (χ0n) is 13.4. The molecule has 1 aromatic heterocycles. The first-order chi connectivity index (χ1) is 10.6. The number of benzene rings is 1. The van der Waals surface area contributed by atoms with Crippen LogP contribution < -0.4 is 11.1 Å². The third-order valence-corrected chi connectivity index (χ3v) is 4.83. The van der Waals surface area contributed by atoms with Crippen molar-refractivity contribution in [3.8, 4) is 11.5 Å².